The largest absolute Gasteiger partial charge is 0.325 e. The fourth-order valence-corrected chi connectivity index (χ4v) is 2.84. The van der Waals surface area contributed by atoms with Crippen LogP contribution < -0.4 is 5.32 Å². The molecule has 0 aliphatic carbocycles. The Morgan fingerprint density at radius 1 is 1.18 bits per heavy atom. The Morgan fingerprint density at radius 2 is 1.86 bits per heavy atom. The van der Waals surface area contributed by atoms with Crippen LogP contribution in [-0.2, 0) is 4.79 Å². The Morgan fingerprint density at radius 3 is 2.50 bits per heavy atom. The summed E-state index contributed by atoms with van der Waals surface area (Å²) < 4.78 is 0. The predicted octanol–water partition coefficient (Wildman–Crippen LogP) is 4.02. The summed E-state index contributed by atoms with van der Waals surface area (Å²) in [6.07, 6.45) is 0. The number of nitro groups is 1. The van der Waals surface area contributed by atoms with Gasteiger partial charge >= 0.3 is 0 Å². The van der Waals surface area contributed by atoms with Gasteiger partial charge in [0.25, 0.3) is 5.69 Å². The number of thioether (sulfide) groups is 1. The average molecular weight is 316 g/mol. The minimum atomic E-state index is -0.451. The molecular formula is C16H16N2O3S. The lowest BCUT2D eigenvalue weighted by Crippen LogP contribution is -2.22. The van der Waals surface area contributed by atoms with Crippen molar-refractivity contribution in [3.8, 4) is 0 Å². The third-order valence-corrected chi connectivity index (χ3v) is 4.30. The van der Waals surface area contributed by atoms with E-state index in [1.165, 1.54) is 17.8 Å². The Hall–Kier alpha value is -2.34. The molecule has 114 valence electrons. The zero-order chi connectivity index (χ0) is 16.1. The number of benzene rings is 2. The number of hydrogen-bond acceptors (Lipinski definition) is 4. The van der Waals surface area contributed by atoms with Crippen LogP contribution in [0.25, 0.3) is 0 Å². The molecule has 2 rings (SSSR count). The van der Waals surface area contributed by atoms with E-state index in [4.69, 9.17) is 0 Å². The van der Waals surface area contributed by atoms with Crippen molar-refractivity contribution in [1.29, 1.82) is 0 Å². The Kier molecular flexibility index (Phi) is 5.16. The molecule has 0 bridgehead atoms. The zero-order valence-electron chi connectivity index (χ0n) is 12.3. The molecule has 5 nitrogen and oxygen atoms in total. The average Bonchev–Trinajstić information content (AvgIpc) is 2.50. The van der Waals surface area contributed by atoms with Gasteiger partial charge in [0.05, 0.1) is 21.4 Å². The van der Waals surface area contributed by atoms with Gasteiger partial charge in [0, 0.05) is 11.0 Å². The van der Waals surface area contributed by atoms with E-state index >= 15 is 0 Å². The zero-order valence-corrected chi connectivity index (χ0v) is 13.1. The van der Waals surface area contributed by atoms with E-state index in [0.717, 1.165) is 4.90 Å². The van der Waals surface area contributed by atoms with Gasteiger partial charge < -0.3 is 5.32 Å². The van der Waals surface area contributed by atoms with Gasteiger partial charge in [-0.15, -0.1) is 11.8 Å². The van der Waals surface area contributed by atoms with Gasteiger partial charge in [-0.25, -0.2) is 0 Å². The summed E-state index contributed by atoms with van der Waals surface area (Å²) >= 11 is 1.44. The highest BCUT2D eigenvalue weighted by atomic mass is 32.2. The van der Waals surface area contributed by atoms with Crippen LogP contribution in [0.2, 0.25) is 0 Å². The summed E-state index contributed by atoms with van der Waals surface area (Å²) in [5.74, 6) is -0.183. The van der Waals surface area contributed by atoms with Crippen molar-refractivity contribution in [2.24, 2.45) is 0 Å². The van der Waals surface area contributed by atoms with Crippen LogP contribution in [0.5, 0.6) is 0 Å². The number of anilines is 1. The summed E-state index contributed by atoms with van der Waals surface area (Å²) in [7, 11) is 0. The molecule has 0 aliphatic heterocycles. The van der Waals surface area contributed by atoms with Gasteiger partial charge in [0.1, 0.15) is 0 Å². The molecule has 0 radical (unpaired) electrons. The number of rotatable bonds is 5. The number of nitro benzene ring substituents is 1. The molecule has 0 saturated carbocycles. The molecule has 0 saturated heterocycles. The SMILES string of the molecule is Cc1c(NC(=O)[C@@H](C)Sc2ccccc2)cccc1[N+](=O)[O-]. The lowest BCUT2D eigenvalue weighted by Gasteiger charge is -2.13. The molecular weight excluding hydrogens is 300 g/mol. The van der Waals surface area contributed by atoms with E-state index in [9.17, 15) is 14.9 Å². The van der Waals surface area contributed by atoms with Crippen molar-refractivity contribution in [2.75, 3.05) is 5.32 Å². The second-order valence-electron chi connectivity index (χ2n) is 4.77. The van der Waals surface area contributed by atoms with Gasteiger partial charge in [0.2, 0.25) is 5.91 Å². The quantitative estimate of drug-likeness (QED) is 0.513. The Balaban J connectivity index is 2.09. The maximum atomic E-state index is 12.2. The number of amides is 1. The summed E-state index contributed by atoms with van der Waals surface area (Å²) in [4.78, 5) is 23.7. The van der Waals surface area contributed by atoms with Crippen molar-refractivity contribution in [1.82, 2.24) is 0 Å². The highest BCUT2D eigenvalue weighted by Crippen LogP contribution is 2.27. The Bertz CT molecular complexity index is 689. The highest BCUT2D eigenvalue weighted by Gasteiger charge is 2.18. The first-order chi connectivity index (χ1) is 10.5. The number of hydrogen-bond donors (Lipinski definition) is 1. The second kappa shape index (κ2) is 7.09. The first kappa shape index (κ1) is 16.0. The van der Waals surface area contributed by atoms with E-state index < -0.39 is 4.92 Å². The van der Waals surface area contributed by atoms with Gasteiger partial charge in [-0.2, -0.15) is 0 Å². The monoisotopic (exact) mass is 316 g/mol. The molecule has 1 atom stereocenters. The van der Waals surface area contributed by atoms with Crippen molar-refractivity contribution >= 4 is 29.0 Å². The van der Waals surface area contributed by atoms with Gasteiger partial charge in [0.15, 0.2) is 0 Å². The second-order valence-corrected chi connectivity index (χ2v) is 6.18. The maximum absolute atomic E-state index is 12.2. The number of nitrogens with one attached hydrogen (secondary N) is 1. The topological polar surface area (TPSA) is 72.2 Å². The highest BCUT2D eigenvalue weighted by molar-refractivity contribution is 8.00. The summed E-state index contributed by atoms with van der Waals surface area (Å²) in [5, 5.41) is 13.4. The normalized spacial score (nSPS) is 11.7. The van der Waals surface area contributed by atoms with Crippen molar-refractivity contribution < 1.29 is 9.72 Å². The van der Waals surface area contributed by atoms with E-state index in [0.29, 0.717) is 11.3 Å². The van der Waals surface area contributed by atoms with Gasteiger partial charge in [-0.3, -0.25) is 14.9 Å². The molecule has 22 heavy (non-hydrogen) atoms. The fraction of sp³-hybridized carbons (Fsp3) is 0.188. The van der Waals surface area contributed by atoms with Crippen LogP contribution in [0.1, 0.15) is 12.5 Å². The van der Waals surface area contributed by atoms with E-state index in [1.54, 1.807) is 26.0 Å². The first-order valence-electron chi connectivity index (χ1n) is 6.75. The maximum Gasteiger partial charge on any atom is 0.274 e. The van der Waals surface area contributed by atoms with Crippen LogP contribution >= 0.6 is 11.8 Å². The van der Waals surface area contributed by atoms with E-state index in [-0.39, 0.29) is 16.8 Å². The molecule has 0 aromatic heterocycles. The molecule has 0 unspecified atom stereocenters. The number of carbonyl (C=O) groups excluding carboxylic acids is 1. The lowest BCUT2D eigenvalue weighted by molar-refractivity contribution is -0.385. The molecule has 2 aromatic carbocycles. The Labute approximate surface area is 132 Å². The minimum absolute atomic E-state index is 0.00108. The smallest absolute Gasteiger partial charge is 0.274 e. The molecule has 0 fully saturated rings. The molecule has 1 N–H and O–H groups in total. The predicted molar refractivity (Wildman–Crippen MR) is 88.2 cm³/mol. The molecule has 1 amide bonds. The van der Waals surface area contributed by atoms with E-state index in [2.05, 4.69) is 5.32 Å². The third kappa shape index (κ3) is 3.85. The lowest BCUT2D eigenvalue weighted by atomic mass is 10.1. The van der Waals surface area contributed by atoms with Crippen LogP contribution in [0.15, 0.2) is 53.4 Å². The summed E-state index contributed by atoms with van der Waals surface area (Å²) in [6.45, 7) is 3.43. The number of carbonyl (C=O) groups is 1. The minimum Gasteiger partial charge on any atom is -0.325 e. The first-order valence-corrected chi connectivity index (χ1v) is 7.63. The fourth-order valence-electron chi connectivity index (χ4n) is 1.95. The van der Waals surface area contributed by atoms with Crippen molar-refractivity contribution in [2.45, 2.75) is 24.0 Å². The van der Waals surface area contributed by atoms with Crippen LogP contribution in [0.4, 0.5) is 11.4 Å². The molecule has 6 heteroatoms. The van der Waals surface area contributed by atoms with Crippen LogP contribution in [0.3, 0.4) is 0 Å². The molecule has 0 aliphatic rings. The van der Waals surface area contributed by atoms with Gasteiger partial charge in [-0.1, -0.05) is 24.3 Å². The molecule has 0 spiro atoms. The molecule has 2 aromatic rings. The van der Waals surface area contributed by atoms with E-state index in [1.807, 2.05) is 30.3 Å². The van der Waals surface area contributed by atoms with Crippen molar-refractivity contribution in [3.63, 3.8) is 0 Å². The van der Waals surface area contributed by atoms with Crippen LogP contribution in [0, 0.1) is 17.0 Å². The number of nitrogens with zero attached hydrogens (tertiary/aromatic N) is 1. The van der Waals surface area contributed by atoms with Gasteiger partial charge in [-0.05, 0) is 32.0 Å². The van der Waals surface area contributed by atoms with Crippen LogP contribution in [-0.4, -0.2) is 16.1 Å². The van der Waals surface area contributed by atoms with Crippen molar-refractivity contribution in [3.05, 3.63) is 64.2 Å². The summed E-state index contributed by atoms with van der Waals surface area (Å²) in [6, 6.07) is 14.3. The standard InChI is InChI=1S/C16H16N2O3S/c1-11-14(9-6-10-15(11)18(20)21)17-16(19)12(2)22-13-7-4-3-5-8-13/h3-10,12H,1-2H3,(H,17,19)/t12-/m1/s1. The summed E-state index contributed by atoms with van der Waals surface area (Å²) in [5.41, 5.74) is 0.929. The third-order valence-electron chi connectivity index (χ3n) is 3.19. The molecule has 0 heterocycles.